The van der Waals surface area contributed by atoms with Gasteiger partial charge in [0.25, 0.3) is 0 Å². The number of nitrogens with one attached hydrogen (secondary N) is 1. The molecule has 0 aromatic heterocycles. The fraction of sp³-hybridized carbons (Fsp3) is 0.417. The molecule has 0 saturated heterocycles. The third-order valence-electron chi connectivity index (χ3n) is 2.83. The molecular weight excluding hydrogens is 218 g/mol. The van der Waals surface area contributed by atoms with E-state index in [1.807, 2.05) is 24.3 Å². The number of nitrogens with two attached hydrogens (primary N) is 1. The van der Waals surface area contributed by atoms with Gasteiger partial charge in [-0.25, -0.2) is 5.84 Å². The number of para-hydroxylation sites is 2. The summed E-state index contributed by atoms with van der Waals surface area (Å²) in [6.45, 7) is 0.437. The van der Waals surface area contributed by atoms with E-state index in [1.54, 1.807) is 0 Å². The van der Waals surface area contributed by atoms with Crippen LogP contribution in [0.15, 0.2) is 29.3 Å². The highest BCUT2D eigenvalue weighted by Crippen LogP contribution is 2.31. The van der Waals surface area contributed by atoms with Crippen molar-refractivity contribution in [2.45, 2.75) is 25.0 Å². The van der Waals surface area contributed by atoms with E-state index < -0.39 is 0 Å². The zero-order chi connectivity index (χ0) is 11.7. The van der Waals surface area contributed by atoms with Crippen molar-refractivity contribution in [1.82, 2.24) is 5.43 Å². The Balaban J connectivity index is 1.78. The maximum absolute atomic E-state index is 5.82. The van der Waals surface area contributed by atoms with Gasteiger partial charge in [-0.05, 0) is 25.0 Å². The summed E-state index contributed by atoms with van der Waals surface area (Å²) in [5.41, 5.74) is 2.62. The van der Waals surface area contributed by atoms with Crippen LogP contribution in [0, 0.1) is 0 Å². The van der Waals surface area contributed by atoms with E-state index in [9.17, 15) is 0 Å². The number of ether oxygens (including phenoxy) is 2. The Morgan fingerprint density at radius 2 is 2.06 bits per heavy atom. The van der Waals surface area contributed by atoms with Crippen molar-refractivity contribution in [3.63, 3.8) is 0 Å². The SMILES string of the molecule is NNC(=NC1CC1)C1COc2ccccc2O1. The molecule has 1 atom stereocenters. The molecule has 1 saturated carbocycles. The summed E-state index contributed by atoms with van der Waals surface area (Å²) >= 11 is 0. The normalized spacial score (nSPS) is 23.4. The average Bonchev–Trinajstić information content (AvgIpc) is 3.19. The van der Waals surface area contributed by atoms with E-state index in [4.69, 9.17) is 15.3 Å². The average molecular weight is 233 g/mol. The van der Waals surface area contributed by atoms with E-state index in [2.05, 4.69) is 10.4 Å². The number of hydrogen-bond donors (Lipinski definition) is 2. The maximum Gasteiger partial charge on any atom is 0.190 e. The Hall–Kier alpha value is -1.75. The molecule has 5 nitrogen and oxygen atoms in total. The number of benzene rings is 1. The van der Waals surface area contributed by atoms with Gasteiger partial charge in [0.2, 0.25) is 0 Å². The maximum atomic E-state index is 5.82. The van der Waals surface area contributed by atoms with E-state index in [1.165, 1.54) is 0 Å². The predicted octanol–water partition coefficient (Wildman–Crippen LogP) is 0.851. The highest BCUT2D eigenvalue weighted by Gasteiger charge is 2.28. The van der Waals surface area contributed by atoms with Crippen molar-refractivity contribution in [1.29, 1.82) is 0 Å². The van der Waals surface area contributed by atoms with Crippen LogP contribution in [0.5, 0.6) is 11.5 Å². The number of rotatable bonds is 2. The number of aliphatic imine (C=N–C) groups is 1. The summed E-state index contributed by atoms with van der Waals surface area (Å²) in [5.74, 6) is 7.66. The molecule has 0 spiro atoms. The van der Waals surface area contributed by atoms with Gasteiger partial charge in [-0.15, -0.1) is 0 Å². The third-order valence-corrected chi connectivity index (χ3v) is 2.83. The Morgan fingerprint density at radius 3 is 2.76 bits per heavy atom. The van der Waals surface area contributed by atoms with Gasteiger partial charge in [0.15, 0.2) is 23.4 Å². The molecule has 1 fully saturated rings. The molecule has 0 bridgehead atoms. The van der Waals surface area contributed by atoms with Crippen LogP contribution in [0.1, 0.15) is 12.8 Å². The molecule has 2 aliphatic rings. The summed E-state index contributed by atoms with van der Waals surface area (Å²) < 4.78 is 11.4. The van der Waals surface area contributed by atoms with Gasteiger partial charge in [0.05, 0.1) is 6.04 Å². The zero-order valence-corrected chi connectivity index (χ0v) is 9.43. The Bertz CT molecular complexity index is 443. The lowest BCUT2D eigenvalue weighted by Crippen LogP contribution is -2.47. The van der Waals surface area contributed by atoms with Crippen LogP contribution in [0.4, 0.5) is 0 Å². The van der Waals surface area contributed by atoms with Crippen LogP contribution >= 0.6 is 0 Å². The number of amidine groups is 1. The fourth-order valence-corrected chi connectivity index (χ4v) is 1.77. The number of fused-ring (bicyclic) bond motifs is 1. The highest BCUT2D eigenvalue weighted by atomic mass is 16.6. The second kappa shape index (κ2) is 4.25. The fourth-order valence-electron chi connectivity index (χ4n) is 1.77. The van der Waals surface area contributed by atoms with Gasteiger partial charge in [0.1, 0.15) is 6.61 Å². The van der Waals surface area contributed by atoms with E-state index >= 15 is 0 Å². The van der Waals surface area contributed by atoms with E-state index in [0.717, 1.165) is 24.3 Å². The quantitative estimate of drug-likeness (QED) is 0.344. The molecule has 1 aromatic rings. The van der Waals surface area contributed by atoms with Crippen molar-refractivity contribution in [2.24, 2.45) is 10.8 Å². The Morgan fingerprint density at radius 1 is 1.29 bits per heavy atom. The minimum atomic E-state index is -0.240. The van der Waals surface area contributed by atoms with Crippen LogP contribution < -0.4 is 20.7 Å². The minimum absolute atomic E-state index is 0.240. The van der Waals surface area contributed by atoms with Gasteiger partial charge >= 0.3 is 0 Å². The topological polar surface area (TPSA) is 68.9 Å². The molecule has 90 valence electrons. The van der Waals surface area contributed by atoms with Gasteiger partial charge < -0.3 is 14.9 Å². The van der Waals surface area contributed by atoms with Crippen molar-refractivity contribution >= 4 is 5.84 Å². The minimum Gasteiger partial charge on any atom is -0.485 e. The molecule has 0 amide bonds. The van der Waals surface area contributed by atoms with Crippen molar-refractivity contribution in [3.05, 3.63) is 24.3 Å². The molecule has 0 radical (unpaired) electrons. The predicted molar refractivity (Wildman–Crippen MR) is 64.1 cm³/mol. The zero-order valence-electron chi connectivity index (χ0n) is 9.43. The highest BCUT2D eigenvalue weighted by molar-refractivity contribution is 5.87. The van der Waals surface area contributed by atoms with Crippen molar-refractivity contribution < 1.29 is 9.47 Å². The molecule has 1 aliphatic heterocycles. The van der Waals surface area contributed by atoms with Crippen LogP contribution in [-0.2, 0) is 0 Å². The standard InChI is InChI=1S/C12H15N3O2/c13-15-12(14-8-5-6-8)11-7-16-9-3-1-2-4-10(9)17-11/h1-4,8,11H,5-7,13H2,(H,14,15). The molecular formula is C12H15N3O2. The molecule has 3 N–H and O–H groups in total. The molecule has 17 heavy (non-hydrogen) atoms. The van der Waals surface area contributed by atoms with Crippen LogP contribution in [0.25, 0.3) is 0 Å². The largest absolute Gasteiger partial charge is 0.485 e. The Labute approximate surface area is 99.6 Å². The van der Waals surface area contributed by atoms with Crippen molar-refractivity contribution in [2.75, 3.05) is 6.61 Å². The second-order valence-electron chi connectivity index (χ2n) is 4.25. The third kappa shape index (κ3) is 2.19. The molecule has 1 unspecified atom stereocenters. The lowest BCUT2D eigenvalue weighted by molar-refractivity contribution is 0.132. The summed E-state index contributed by atoms with van der Waals surface area (Å²) in [5, 5.41) is 0. The second-order valence-corrected chi connectivity index (χ2v) is 4.25. The van der Waals surface area contributed by atoms with E-state index in [-0.39, 0.29) is 6.10 Å². The van der Waals surface area contributed by atoms with Crippen LogP contribution in [0.2, 0.25) is 0 Å². The number of nitrogens with zero attached hydrogens (tertiary/aromatic N) is 1. The molecule has 1 aliphatic carbocycles. The molecule has 1 heterocycles. The van der Waals surface area contributed by atoms with Gasteiger partial charge in [0, 0.05) is 0 Å². The van der Waals surface area contributed by atoms with Crippen LogP contribution in [-0.4, -0.2) is 24.6 Å². The lowest BCUT2D eigenvalue weighted by Gasteiger charge is -2.27. The first-order chi connectivity index (χ1) is 8.36. The van der Waals surface area contributed by atoms with Gasteiger partial charge in [-0.3, -0.25) is 4.99 Å². The van der Waals surface area contributed by atoms with Gasteiger partial charge in [-0.2, -0.15) is 0 Å². The summed E-state index contributed by atoms with van der Waals surface area (Å²) in [4.78, 5) is 4.48. The summed E-state index contributed by atoms with van der Waals surface area (Å²) in [7, 11) is 0. The molecule has 1 aromatic carbocycles. The first kappa shape index (κ1) is 10.4. The van der Waals surface area contributed by atoms with Gasteiger partial charge in [-0.1, -0.05) is 12.1 Å². The molecule has 3 rings (SSSR count). The monoisotopic (exact) mass is 233 g/mol. The number of hydrazine groups is 1. The first-order valence-corrected chi connectivity index (χ1v) is 5.79. The lowest BCUT2D eigenvalue weighted by atomic mass is 10.2. The summed E-state index contributed by atoms with van der Waals surface area (Å²) in [6.07, 6.45) is 2.03. The van der Waals surface area contributed by atoms with Crippen LogP contribution in [0.3, 0.4) is 0 Å². The Kier molecular flexibility index (Phi) is 2.60. The summed E-state index contributed by atoms with van der Waals surface area (Å²) in [6, 6.07) is 8.01. The molecule has 5 heteroatoms. The number of hydrogen-bond acceptors (Lipinski definition) is 4. The van der Waals surface area contributed by atoms with Crippen molar-refractivity contribution in [3.8, 4) is 11.5 Å². The van der Waals surface area contributed by atoms with E-state index in [0.29, 0.717) is 18.5 Å². The first-order valence-electron chi connectivity index (χ1n) is 5.79. The smallest absolute Gasteiger partial charge is 0.190 e.